The lowest BCUT2D eigenvalue weighted by Crippen LogP contribution is -2.37. The molecule has 2 nitrogen and oxygen atoms in total. The van der Waals surface area contributed by atoms with Crippen LogP contribution in [0.5, 0.6) is 0 Å². The van der Waals surface area contributed by atoms with Crippen LogP contribution in [0.15, 0.2) is 0 Å². The molecule has 0 aliphatic carbocycles. The molecule has 0 aromatic heterocycles. The Hall–Kier alpha value is -0.0800. The number of rotatable bonds is 3. The summed E-state index contributed by atoms with van der Waals surface area (Å²) in [6.07, 6.45) is 4.26. The molecule has 1 N–H and O–H groups in total. The Balaban J connectivity index is 2.30. The SMILES string of the molecule is CC[C@H](OC)[C@H]1CCCNC1. The molecule has 2 atom stereocenters. The van der Waals surface area contributed by atoms with Crippen LogP contribution in [-0.2, 0) is 4.74 Å². The van der Waals surface area contributed by atoms with Gasteiger partial charge in [-0.05, 0) is 31.7 Å². The van der Waals surface area contributed by atoms with E-state index in [-0.39, 0.29) is 0 Å². The summed E-state index contributed by atoms with van der Waals surface area (Å²) in [5.74, 6) is 0.749. The van der Waals surface area contributed by atoms with Crippen molar-refractivity contribution in [3.05, 3.63) is 0 Å². The van der Waals surface area contributed by atoms with E-state index >= 15 is 0 Å². The van der Waals surface area contributed by atoms with Gasteiger partial charge in [0.05, 0.1) is 6.10 Å². The lowest BCUT2D eigenvalue weighted by atomic mass is 9.92. The first kappa shape index (κ1) is 9.01. The predicted octanol–water partition coefficient (Wildman–Crippen LogP) is 1.41. The highest BCUT2D eigenvalue weighted by Gasteiger charge is 2.21. The van der Waals surface area contributed by atoms with Crippen LogP contribution in [0.2, 0.25) is 0 Å². The standard InChI is InChI=1S/C9H19NO/c1-3-9(11-2)8-5-4-6-10-7-8/h8-10H,3-7H2,1-2H3/t8-,9-/m0/s1. The minimum absolute atomic E-state index is 0.475. The van der Waals surface area contributed by atoms with Crippen LogP contribution in [0.25, 0.3) is 0 Å². The fourth-order valence-corrected chi connectivity index (χ4v) is 1.89. The average molecular weight is 157 g/mol. The second kappa shape index (κ2) is 4.73. The zero-order valence-corrected chi connectivity index (χ0v) is 7.60. The van der Waals surface area contributed by atoms with Gasteiger partial charge in [0.15, 0.2) is 0 Å². The smallest absolute Gasteiger partial charge is 0.0609 e. The minimum Gasteiger partial charge on any atom is -0.381 e. The number of piperidine rings is 1. The second-order valence-corrected chi connectivity index (χ2v) is 3.29. The maximum atomic E-state index is 5.40. The molecule has 66 valence electrons. The normalized spacial score (nSPS) is 28.4. The van der Waals surface area contributed by atoms with Gasteiger partial charge < -0.3 is 10.1 Å². The first-order chi connectivity index (χ1) is 5.38. The Bertz CT molecular complexity index is 95.7. The molecule has 1 aliphatic heterocycles. The molecule has 0 amide bonds. The van der Waals surface area contributed by atoms with Crippen molar-refractivity contribution in [1.82, 2.24) is 5.32 Å². The summed E-state index contributed by atoms with van der Waals surface area (Å²) >= 11 is 0. The lowest BCUT2D eigenvalue weighted by Gasteiger charge is -2.28. The number of hydrogen-bond donors (Lipinski definition) is 1. The van der Waals surface area contributed by atoms with Crippen molar-refractivity contribution < 1.29 is 4.74 Å². The van der Waals surface area contributed by atoms with Gasteiger partial charge in [-0.2, -0.15) is 0 Å². The van der Waals surface area contributed by atoms with Crippen molar-refractivity contribution in [2.24, 2.45) is 5.92 Å². The van der Waals surface area contributed by atoms with E-state index in [9.17, 15) is 0 Å². The van der Waals surface area contributed by atoms with Crippen LogP contribution < -0.4 is 5.32 Å². The molecule has 0 aromatic rings. The minimum atomic E-state index is 0.475. The van der Waals surface area contributed by atoms with E-state index in [0.29, 0.717) is 6.10 Å². The highest BCUT2D eigenvalue weighted by atomic mass is 16.5. The van der Waals surface area contributed by atoms with Gasteiger partial charge in [0.25, 0.3) is 0 Å². The first-order valence-corrected chi connectivity index (χ1v) is 4.62. The third kappa shape index (κ3) is 2.46. The maximum absolute atomic E-state index is 5.40. The molecule has 0 aromatic carbocycles. The molecule has 0 spiro atoms. The van der Waals surface area contributed by atoms with Crippen molar-refractivity contribution in [1.29, 1.82) is 0 Å². The maximum Gasteiger partial charge on any atom is 0.0609 e. The van der Waals surface area contributed by atoms with Crippen LogP contribution in [0.4, 0.5) is 0 Å². The Kier molecular flexibility index (Phi) is 3.87. The first-order valence-electron chi connectivity index (χ1n) is 4.62. The molecule has 1 fully saturated rings. The topological polar surface area (TPSA) is 21.3 Å². The van der Waals surface area contributed by atoms with E-state index in [1.165, 1.54) is 19.4 Å². The molecular formula is C9H19NO. The zero-order valence-electron chi connectivity index (χ0n) is 7.60. The Morgan fingerprint density at radius 3 is 2.91 bits per heavy atom. The molecule has 1 heterocycles. The van der Waals surface area contributed by atoms with Gasteiger partial charge in [0.2, 0.25) is 0 Å². The summed E-state index contributed by atoms with van der Waals surface area (Å²) in [6, 6.07) is 0. The predicted molar refractivity (Wildman–Crippen MR) is 46.7 cm³/mol. The number of nitrogens with one attached hydrogen (secondary N) is 1. The summed E-state index contributed by atoms with van der Waals surface area (Å²) in [5.41, 5.74) is 0. The number of hydrogen-bond acceptors (Lipinski definition) is 2. The van der Waals surface area contributed by atoms with Crippen molar-refractivity contribution in [3.8, 4) is 0 Å². The summed E-state index contributed by atoms with van der Waals surface area (Å²) < 4.78 is 5.40. The van der Waals surface area contributed by atoms with Gasteiger partial charge in [0, 0.05) is 13.7 Å². The van der Waals surface area contributed by atoms with Crippen LogP contribution in [0, 0.1) is 5.92 Å². The van der Waals surface area contributed by atoms with E-state index < -0.39 is 0 Å². The van der Waals surface area contributed by atoms with Crippen molar-refractivity contribution in [2.75, 3.05) is 20.2 Å². The number of methoxy groups -OCH3 is 1. The quantitative estimate of drug-likeness (QED) is 0.669. The Morgan fingerprint density at radius 1 is 1.64 bits per heavy atom. The summed E-state index contributed by atoms with van der Waals surface area (Å²) in [4.78, 5) is 0. The molecule has 1 aliphatic rings. The molecule has 2 heteroatoms. The van der Waals surface area contributed by atoms with Crippen LogP contribution in [-0.4, -0.2) is 26.3 Å². The van der Waals surface area contributed by atoms with E-state index in [1.54, 1.807) is 0 Å². The average Bonchev–Trinajstić information content (AvgIpc) is 2.09. The van der Waals surface area contributed by atoms with E-state index in [0.717, 1.165) is 18.9 Å². The van der Waals surface area contributed by atoms with Crippen molar-refractivity contribution in [2.45, 2.75) is 32.3 Å². The van der Waals surface area contributed by atoms with Gasteiger partial charge >= 0.3 is 0 Å². The molecular weight excluding hydrogens is 138 g/mol. The van der Waals surface area contributed by atoms with Gasteiger partial charge in [-0.1, -0.05) is 6.92 Å². The molecule has 0 radical (unpaired) electrons. The summed E-state index contributed by atoms with van der Waals surface area (Å²) in [7, 11) is 1.82. The molecule has 0 unspecified atom stereocenters. The van der Waals surface area contributed by atoms with Gasteiger partial charge in [-0.15, -0.1) is 0 Å². The third-order valence-corrected chi connectivity index (χ3v) is 2.57. The lowest BCUT2D eigenvalue weighted by molar-refractivity contribution is 0.0393. The molecule has 11 heavy (non-hydrogen) atoms. The third-order valence-electron chi connectivity index (χ3n) is 2.57. The van der Waals surface area contributed by atoms with Crippen LogP contribution >= 0.6 is 0 Å². The molecule has 1 rings (SSSR count). The Labute approximate surface area is 69.3 Å². The monoisotopic (exact) mass is 157 g/mol. The fraction of sp³-hybridized carbons (Fsp3) is 1.00. The highest BCUT2D eigenvalue weighted by molar-refractivity contribution is 4.75. The zero-order chi connectivity index (χ0) is 8.10. The van der Waals surface area contributed by atoms with Crippen molar-refractivity contribution >= 4 is 0 Å². The number of ether oxygens (including phenoxy) is 1. The summed E-state index contributed by atoms with van der Waals surface area (Å²) in [6.45, 7) is 4.53. The van der Waals surface area contributed by atoms with Crippen molar-refractivity contribution in [3.63, 3.8) is 0 Å². The molecule has 0 bridgehead atoms. The molecule has 1 saturated heterocycles. The van der Waals surface area contributed by atoms with E-state index in [2.05, 4.69) is 12.2 Å². The largest absolute Gasteiger partial charge is 0.381 e. The highest BCUT2D eigenvalue weighted by Crippen LogP contribution is 2.18. The van der Waals surface area contributed by atoms with E-state index in [4.69, 9.17) is 4.74 Å². The van der Waals surface area contributed by atoms with Gasteiger partial charge in [-0.25, -0.2) is 0 Å². The fourth-order valence-electron chi connectivity index (χ4n) is 1.89. The molecule has 0 saturated carbocycles. The summed E-state index contributed by atoms with van der Waals surface area (Å²) in [5, 5.41) is 3.40. The van der Waals surface area contributed by atoms with Crippen LogP contribution in [0.3, 0.4) is 0 Å². The van der Waals surface area contributed by atoms with Crippen LogP contribution in [0.1, 0.15) is 26.2 Å². The Morgan fingerprint density at radius 2 is 2.45 bits per heavy atom. The van der Waals surface area contributed by atoms with Gasteiger partial charge in [0.1, 0.15) is 0 Å². The second-order valence-electron chi connectivity index (χ2n) is 3.29. The van der Waals surface area contributed by atoms with Gasteiger partial charge in [-0.3, -0.25) is 0 Å². The van der Waals surface area contributed by atoms with E-state index in [1.807, 2.05) is 7.11 Å².